The fraction of sp³-hybridized carbons (Fsp3) is 0.500. The average Bonchev–Trinajstić information content (AvgIpc) is 2.14. The van der Waals surface area contributed by atoms with E-state index in [4.69, 9.17) is 9.84 Å². The van der Waals surface area contributed by atoms with Gasteiger partial charge in [0.15, 0.2) is 0 Å². The highest BCUT2D eigenvalue weighted by atomic mass is 16.5. The summed E-state index contributed by atoms with van der Waals surface area (Å²) in [5, 5.41) is 8.84. The molecule has 2 rings (SSSR count). The van der Waals surface area contributed by atoms with Gasteiger partial charge in [0.25, 0.3) is 0 Å². The van der Waals surface area contributed by atoms with Crippen LogP contribution >= 0.6 is 0 Å². The lowest BCUT2D eigenvalue weighted by molar-refractivity contribution is 0.0691. The maximum Gasteiger partial charge on any atom is 0.342 e. The van der Waals surface area contributed by atoms with Crippen molar-refractivity contribution in [1.82, 2.24) is 9.97 Å². The Morgan fingerprint density at radius 2 is 2.33 bits per heavy atom. The molecule has 0 spiro atoms. The van der Waals surface area contributed by atoms with Crippen molar-refractivity contribution < 1.29 is 14.6 Å². The Kier molecular flexibility index (Phi) is 2.53. The van der Waals surface area contributed by atoms with Gasteiger partial charge < -0.3 is 9.84 Å². The van der Waals surface area contributed by atoms with E-state index in [2.05, 4.69) is 9.97 Å². The summed E-state index contributed by atoms with van der Waals surface area (Å²) in [4.78, 5) is 19.0. The van der Waals surface area contributed by atoms with Gasteiger partial charge in [0.1, 0.15) is 11.4 Å². The zero-order chi connectivity index (χ0) is 10.8. The van der Waals surface area contributed by atoms with Crippen LogP contribution in [0.2, 0.25) is 0 Å². The molecule has 1 aromatic heterocycles. The number of hydrogen-bond donors (Lipinski definition) is 1. The summed E-state index contributed by atoms with van der Waals surface area (Å²) in [7, 11) is 1.42. The van der Waals surface area contributed by atoms with Crippen LogP contribution in [-0.2, 0) is 0 Å². The van der Waals surface area contributed by atoms with Crippen LogP contribution < -0.4 is 4.74 Å². The fourth-order valence-corrected chi connectivity index (χ4v) is 1.54. The van der Waals surface area contributed by atoms with Crippen LogP contribution in [0.4, 0.5) is 0 Å². The summed E-state index contributed by atoms with van der Waals surface area (Å²) >= 11 is 0. The molecule has 80 valence electrons. The molecule has 0 saturated heterocycles. The zero-order valence-corrected chi connectivity index (χ0v) is 8.43. The highest BCUT2D eigenvalue weighted by Gasteiger charge is 2.24. The lowest BCUT2D eigenvalue weighted by atomic mass is 9.85. The van der Waals surface area contributed by atoms with Crippen molar-refractivity contribution >= 4 is 5.97 Å². The molecule has 1 saturated carbocycles. The van der Waals surface area contributed by atoms with E-state index in [0.717, 1.165) is 12.8 Å². The highest BCUT2D eigenvalue weighted by Crippen LogP contribution is 2.35. The molecule has 5 heteroatoms. The number of aromatic carboxylic acids is 1. The van der Waals surface area contributed by atoms with E-state index in [1.54, 1.807) is 0 Å². The van der Waals surface area contributed by atoms with Gasteiger partial charge in [-0.1, -0.05) is 6.42 Å². The van der Waals surface area contributed by atoms with Crippen molar-refractivity contribution in [3.63, 3.8) is 0 Å². The lowest BCUT2D eigenvalue weighted by Crippen LogP contribution is -2.14. The Morgan fingerprint density at radius 1 is 1.60 bits per heavy atom. The molecule has 0 radical (unpaired) electrons. The van der Waals surface area contributed by atoms with Crippen LogP contribution in [0.15, 0.2) is 6.20 Å². The van der Waals surface area contributed by atoms with Gasteiger partial charge in [0.2, 0.25) is 5.88 Å². The van der Waals surface area contributed by atoms with Crippen molar-refractivity contribution in [2.75, 3.05) is 7.11 Å². The van der Waals surface area contributed by atoms with Crippen molar-refractivity contribution in [2.45, 2.75) is 25.2 Å². The van der Waals surface area contributed by atoms with Crippen molar-refractivity contribution in [2.24, 2.45) is 0 Å². The molecular weight excluding hydrogens is 196 g/mol. The quantitative estimate of drug-likeness (QED) is 0.813. The molecule has 0 bridgehead atoms. The fourth-order valence-electron chi connectivity index (χ4n) is 1.54. The van der Waals surface area contributed by atoms with Crippen LogP contribution in [0.25, 0.3) is 0 Å². The number of carbonyl (C=O) groups is 1. The summed E-state index contributed by atoms with van der Waals surface area (Å²) in [5.74, 6) is 0.163. The number of carboxylic acid groups (broad SMARTS) is 1. The Morgan fingerprint density at radius 3 is 2.80 bits per heavy atom. The smallest absolute Gasteiger partial charge is 0.342 e. The molecule has 0 amide bonds. The van der Waals surface area contributed by atoms with Crippen molar-refractivity contribution in [1.29, 1.82) is 0 Å². The van der Waals surface area contributed by atoms with Gasteiger partial charge in [-0.25, -0.2) is 9.78 Å². The molecule has 0 unspecified atom stereocenters. The SMILES string of the molecule is COc1nc(C2CCC2)ncc1C(=O)O. The number of hydrogen-bond acceptors (Lipinski definition) is 4. The minimum Gasteiger partial charge on any atom is -0.480 e. The van der Waals surface area contributed by atoms with Gasteiger partial charge in [-0.15, -0.1) is 0 Å². The minimum absolute atomic E-state index is 0.0144. The van der Waals surface area contributed by atoms with Gasteiger partial charge in [-0.3, -0.25) is 0 Å². The topological polar surface area (TPSA) is 72.3 Å². The molecule has 0 aliphatic heterocycles. The van der Waals surface area contributed by atoms with E-state index in [9.17, 15) is 4.79 Å². The lowest BCUT2D eigenvalue weighted by Gasteiger charge is -2.23. The number of rotatable bonds is 3. The molecule has 1 aliphatic rings. The Balaban J connectivity index is 2.33. The zero-order valence-electron chi connectivity index (χ0n) is 8.43. The third-order valence-corrected chi connectivity index (χ3v) is 2.67. The Bertz CT molecular complexity index is 388. The molecule has 0 atom stereocenters. The second-order valence-electron chi connectivity index (χ2n) is 3.58. The Hall–Kier alpha value is -1.65. The number of aromatic nitrogens is 2. The molecule has 1 N–H and O–H groups in total. The van der Waals surface area contributed by atoms with Crippen LogP contribution in [-0.4, -0.2) is 28.2 Å². The van der Waals surface area contributed by atoms with E-state index >= 15 is 0 Å². The summed E-state index contributed by atoms with van der Waals surface area (Å²) in [6.45, 7) is 0. The predicted molar refractivity (Wildman–Crippen MR) is 52.1 cm³/mol. The molecule has 1 aromatic rings. The molecule has 5 nitrogen and oxygen atoms in total. The molecule has 1 aliphatic carbocycles. The van der Waals surface area contributed by atoms with Crippen LogP contribution in [0.5, 0.6) is 5.88 Å². The first-order valence-corrected chi connectivity index (χ1v) is 4.86. The summed E-state index contributed by atoms with van der Waals surface area (Å²) < 4.78 is 4.93. The normalized spacial score (nSPS) is 15.8. The maximum atomic E-state index is 10.8. The van der Waals surface area contributed by atoms with E-state index in [1.165, 1.54) is 19.7 Å². The first kappa shape index (κ1) is 9.89. The summed E-state index contributed by atoms with van der Waals surface area (Å²) in [6, 6.07) is 0. The molecule has 1 heterocycles. The number of methoxy groups -OCH3 is 1. The third kappa shape index (κ3) is 1.77. The number of ether oxygens (including phenoxy) is 1. The van der Waals surface area contributed by atoms with E-state index in [0.29, 0.717) is 11.7 Å². The predicted octanol–water partition coefficient (Wildman–Crippen LogP) is 1.45. The van der Waals surface area contributed by atoms with Gasteiger partial charge in [-0.05, 0) is 12.8 Å². The number of carboxylic acids is 1. The second kappa shape index (κ2) is 3.84. The van der Waals surface area contributed by atoms with Crippen molar-refractivity contribution in [3.05, 3.63) is 17.6 Å². The number of nitrogens with zero attached hydrogens (tertiary/aromatic N) is 2. The molecule has 1 fully saturated rings. The van der Waals surface area contributed by atoms with E-state index < -0.39 is 5.97 Å². The van der Waals surface area contributed by atoms with Gasteiger partial charge >= 0.3 is 5.97 Å². The summed E-state index contributed by atoms with van der Waals surface area (Å²) in [6.07, 6.45) is 4.67. The van der Waals surface area contributed by atoms with Crippen LogP contribution in [0, 0.1) is 0 Å². The maximum absolute atomic E-state index is 10.8. The first-order chi connectivity index (χ1) is 7.22. The van der Waals surface area contributed by atoms with Crippen LogP contribution in [0.1, 0.15) is 41.4 Å². The van der Waals surface area contributed by atoms with Gasteiger partial charge in [0, 0.05) is 12.1 Å². The molecular formula is C10H12N2O3. The van der Waals surface area contributed by atoms with E-state index in [-0.39, 0.29) is 11.4 Å². The third-order valence-electron chi connectivity index (χ3n) is 2.67. The van der Waals surface area contributed by atoms with Crippen LogP contribution in [0.3, 0.4) is 0 Å². The van der Waals surface area contributed by atoms with Crippen molar-refractivity contribution in [3.8, 4) is 5.88 Å². The second-order valence-corrected chi connectivity index (χ2v) is 3.58. The molecule has 0 aromatic carbocycles. The van der Waals surface area contributed by atoms with Gasteiger partial charge in [-0.2, -0.15) is 4.98 Å². The van der Waals surface area contributed by atoms with Gasteiger partial charge in [0.05, 0.1) is 7.11 Å². The highest BCUT2D eigenvalue weighted by molar-refractivity contribution is 5.89. The summed E-state index contributed by atoms with van der Waals surface area (Å²) in [5.41, 5.74) is 0.0144. The average molecular weight is 208 g/mol. The first-order valence-electron chi connectivity index (χ1n) is 4.86. The molecule has 15 heavy (non-hydrogen) atoms. The monoisotopic (exact) mass is 208 g/mol. The largest absolute Gasteiger partial charge is 0.480 e. The Labute approximate surface area is 87.1 Å². The van der Waals surface area contributed by atoms with E-state index in [1.807, 2.05) is 0 Å². The standard InChI is InChI=1S/C10H12N2O3/c1-15-9-7(10(13)14)5-11-8(12-9)6-3-2-4-6/h5-6H,2-4H2,1H3,(H,13,14). The minimum atomic E-state index is -1.06.